The molecule has 2 aromatic carbocycles. The highest BCUT2D eigenvalue weighted by molar-refractivity contribution is 6.30. The van der Waals surface area contributed by atoms with Crippen LogP contribution in [0.15, 0.2) is 73.1 Å². The highest BCUT2D eigenvalue weighted by Gasteiger charge is 2.17. The van der Waals surface area contributed by atoms with Crippen molar-refractivity contribution < 1.29 is 46.8 Å². The molecule has 0 amide bonds. The number of carbonyl (C=O) groups is 2. The molecule has 248 valence electrons. The first-order valence-corrected chi connectivity index (χ1v) is 14.5. The molecule has 14 heteroatoms. The third kappa shape index (κ3) is 12.0. The molecular formula is C34H26Cl2F2N2O8. The first-order valence-electron chi connectivity index (χ1n) is 13.7. The summed E-state index contributed by atoms with van der Waals surface area (Å²) in [6.45, 7) is 2.85. The number of pyridine rings is 2. The second kappa shape index (κ2) is 18.6. The van der Waals surface area contributed by atoms with Gasteiger partial charge in [-0.3, -0.25) is 0 Å². The van der Waals surface area contributed by atoms with Gasteiger partial charge in [-0.1, -0.05) is 35.0 Å². The third-order valence-electron chi connectivity index (χ3n) is 5.51. The summed E-state index contributed by atoms with van der Waals surface area (Å²) in [5.41, 5.74) is 0. The average Bonchev–Trinajstić information content (AvgIpc) is 3.07. The Bertz CT molecular complexity index is 1650. The third-order valence-corrected chi connectivity index (χ3v) is 5.92. The van der Waals surface area contributed by atoms with E-state index in [2.05, 4.69) is 21.8 Å². The van der Waals surface area contributed by atoms with E-state index in [1.54, 1.807) is 48.5 Å². The van der Waals surface area contributed by atoms with E-state index < -0.39 is 35.8 Å². The zero-order valence-corrected chi connectivity index (χ0v) is 26.8. The molecule has 0 radical (unpaired) electrons. The first-order chi connectivity index (χ1) is 23.0. The lowest BCUT2D eigenvalue weighted by Crippen LogP contribution is -2.26. The predicted octanol–water partition coefficient (Wildman–Crippen LogP) is 7.22. The van der Waals surface area contributed by atoms with Crippen LogP contribution in [0.25, 0.3) is 0 Å². The van der Waals surface area contributed by atoms with Crippen LogP contribution in [0.2, 0.25) is 10.0 Å². The van der Waals surface area contributed by atoms with Crippen LogP contribution in [-0.2, 0) is 19.1 Å². The molecule has 4 aromatic rings. The Hall–Kier alpha value is -5.56. The number of esters is 2. The van der Waals surface area contributed by atoms with Crippen molar-refractivity contribution in [2.24, 2.45) is 0 Å². The molecule has 0 saturated heterocycles. The summed E-state index contributed by atoms with van der Waals surface area (Å²) >= 11 is 11.2. The fourth-order valence-corrected chi connectivity index (χ4v) is 3.60. The van der Waals surface area contributed by atoms with Gasteiger partial charge in [0, 0.05) is 12.4 Å². The number of hydrogen-bond donors (Lipinski definition) is 0. The SMILES string of the molecule is C#CCOC(=O)C(C)Oc1ccc(Oc2ncc(Cl)cc2F)cc1.C#CCOC(=O)C(C)Oc1ccc(Oc2ncc(Cl)cc2F)cc1. The van der Waals surface area contributed by atoms with Gasteiger partial charge >= 0.3 is 11.9 Å². The number of benzene rings is 2. The number of ether oxygens (including phenoxy) is 6. The van der Waals surface area contributed by atoms with E-state index in [0.29, 0.717) is 23.0 Å². The maximum Gasteiger partial charge on any atom is 0.347 e. The molecule has 10 nitrogen and oxygen atoms in total. The molecule has 2 atom stereocenters. The van der Waals surface area contributed by atoms with Gasteiger partial charge in [-0.2, -0.15) is 0 Å². The number of carbonyl (C=O) groups excluding carboxylic acids is 2. The second-order valence-electron chi connectivity index (χ2n) is 9.17. The zero-order valence-electron chi connectivity index (χ0n) is 25.3. The lowest BCUT2D eigenvalue weighted by Gasteiger charge is -2.13. The number of hydrogen-bond acceptors (Lipinski definition) is 10. The van der Waals surface area contributed by atoms with Crippen LogP contribution in [0, 0.1) is 36.3 Å². The van der Waals surface area contributed by atoms with Crippen LogP contribution in [-0.4, -0.2) is 47.3 Å². The minimum absolute atomic E-state index is 0.112. The van der Waals surface area contributed by atoms with Crippen molar-refractivity contribution in [1.82, 2.24) is 9.97 Å². The second-order valence-corrected chi connectivity index (χ2v) is 10.0. The van der Waals surface area contributed by atoms with E-state index in [9.17, 15) is 18.4 Å². The van der Waals surface area contributed by atoms with Crippen molar-refractivity contribution in [1.29, 1.82) is 0 Å². The summed E-state index contributed by atoms with van der Waals surface area (Å²) < 4.78 is 58.2. The van der Waals surface area contributed by atoms with Gasteiger partial charge in [-0.05, 0) is 74.5 Å². The number of terminal acetylenes is 2. The quantitative estimate of drug-likeness (QED) is 0.111. The fourth-order valence-electron chi connectivity index (χ4n) is 3.31. The Labute approximate surface area is 284 Å². The van der Waals surface area contributed by atoms with Crippen LogP contribution in [0.1, 0.15) is 13.8 Å². The topological polar surface area (TPSA) is 115 Å². The molecule has 0 aliphatic heterocycles. The highest BCUT2D eigenvalue weighted by atomic mass is 35.5. The molecule has 2 heterocycles. The Kier molecular flexibility index (Phi) is 14.3. The van der Waals surface area contributed by atoms with E-state index in [1.165, 1.54) is 26.2 Å². The molecule has 0 aliphatic carbocycles. The van der Waals surface area contributed by atoms with E-state index >= 15 is 0 Å². The predicted molar refractivity (Wildman–Crippen MR) is 171 cm³/mol. The summed E-state index contributed by atoms with van der Waals surface area (Å²) in [6.07, 6.45) is 10.9. The van der Waals surface area contributed by atoms with Gasteiger partial charge in [0.05, 0.1) is 10.0 Å². The molecule has 0 spiro atoms. The van der Waals surface area contributed by atoms with Gasteiger partial charge in [0.1, 0.15) is 23.0 Å². The minimum Gasteiger partial charge on any atom is -0.479 e. The van der Waals surface area contributed by atoms with Crippen molar-refractivity contribution >= 4 is 35.1 Å². The molecule has 0 aliphatic rings. The van der Waals surface area contributed by atoms with Crippen molar-refractivity contribution in [3.05, 3.63) is 94.7 Å². The molecule has 48 heavy (non-hydrogen) atoms. The van der Waals surface area contributed by atoms with Crippen molar-refractivity contribution in [3.8, 4) is 59.4 Å². The van der Waals surface area contributed by atoms with E-state index in [1.807, 2.05) is 0 Å². The maximum absolute atomic E-state index is 13.6. The molecule has 0 bridgehead atoms. The summed E-state index contributed by atoms with van der Waals surface area (Å²) in [5.74, 6) is 3.04. The minimum atomic E-state index is -0.819. The Morgan fingerprint density at radius 1 is 0.688 bits per heavy atom. The molecule has 0 N–H and O–H groups in total. The summed E-state index contributed by atoms with van der Waals surface area (Å²) in [6, 6.07) is 14.6. The van der Waals surface area contributed by atoms with E-state index in [4.69, 9.17) is 64.5 Å². The van der Waals surface area contributed by atoms with Gasteiger partial charge < -0.3 is 28.4 Å². The van der Waals surface area contributed by atoms with E-state index in [0.717, 1.165) is 12.1 Å². The Morgan fingerprint density at radius 3 is 1.33 bits per heavy atom. The van der Waals surface area contributed by atoms with Gasteiger partial charge in [0.15, 0.2) is 37.1 Å². The number of aromatic nitrogens is 2. The van der Waals surface area contributed by atoms with Crippen LogP contribution in [0.5, 0.6) is 34.8 Å². The highest BCUT2D eigenvalue weighted by Crippen LogP contribution is 2.27. The maximum atomic E-state index is 13.6. The van der Waals surface area contributed by atoms with E-state index in [-0.39, 0.29) is 35.0 Å². The smallest absolute Gasteiger partial charge is 0.347 e. The Balaban J connectivity index is 0.000000260. The Morgan fingerprint density at radius 2 is 1.02 bits per heavy atom. The number of halogens is 4. The van der Waals surface area contributed by atoms with Gasteiger partial charge in [0.25, 0.3) is 11.8 Å². The van der Waals surface area contributed by atoms with Crippen LogP contribution in [0.3, 0.4) is 0 Å². The largest absolute Gasteiger partial charge is 0.479 e. The summed E-state index contributed by atoms with van der Waals surface area (Å²) in [7, 11) is 0. The van der Waals surface area contributed by atoms with Crippen LogP contribution >= 0.6 is 23.2 Å². The summed E-state index contributed by atoms with van der Waals surface area (Å²) in [4.78, 5) is 30.6. The lowest BCUT2D eigenvalue weighted by atomic mass is 10.3. The normalized spacial score (nSPS) is 11.2. The van der Waals surface area contributed by atoms with Crippen molar-refractivity contribution in [2.75, 3.05) is 13.2 Å². The van der Waals surface area contributed by atoms with Gasteiger partial charge in [0.2, 0.25) is 0 Å². The first kappa shape index (κ1) is 36.9. The molecule has 0 fully saturated rings. The zero-order chi connectivity index (χ0) is 35.1. The molecule has 2 aromatic heterocycles. The average molecular weight is 699 g/mol. The summed E-state index contributed by atoms with van der Waals surface area (Å²) in [5, 5.41) is 0.351. The van der Waals surface area contributed by atoms with Gasteiger partial charge in [-0.15, -0.1) is 12.8 Å². The number of rotatable bonds is 12. The molecule has 2 unspecified atom stereocenters. The van der Waals surface area contributed by atoms with Crippen LogP contribution < -0.4 is 18.9 Å². The monoisotopic (exact) mass is 698 g/mol. The van der Waals surface area contributed by atoms with Crippen LogP contribution in [0.4, 0.5) is 8.78 Å². The van der Waals surface area contributed by atoms with Gasteiger partial charge in [-0.25, -0.2) is 28.3 Å². The molecule has 0 saturated carbocycles. The van der Waals surface area contributed by atoms with Crippen molar-refractivity contribution in [2.45, 2.75) is 26.1 Å². The fraction of sp³-hybridized carbons (Fsp3) is 0.176. The van der Waals surface area contributed by atoms with Crippen molar-refractivity contribution in [3.63, 3.8) is 0 Å². The molecule has 4 rings (SSSR count). The number of nitrogens with zero attached hydrogens (tertiary/aromatic N) is 2. The lowest BCUT2D eigenvalue weighted by molar-refractivity contribution is -0.150. The molecular weight excluding hydrogens is 673 g/mol. The standard InChI is InChI=1S/2C17H13ClFNO4/c2*1-3-8-22-17(21)11(2)23-13-4-6-14(7-5-13)24-16-15(19)9-12(18)10-20-16/h2*1,4-7,9-11H,8H2,2H3.